The molecule has 0 radical (unpaired) electrons. The van der Waals surface area contributed by atoms with Crippen molar-refractivity contribution < 1.29 is 13.2 Å². The lowest BCUT2D eigenvalue weighted by molar-refractivity contribution is 0.415. The standard InChI is InChI=1S/C20H18ClNO3S/c1-25-19-7-4-14(10-18(19)21)17-12-20(8-9-20)11-16(17)13-2-5-15(6-3-13)26(22,23)24/h2-7,10-12H,8-9H2,1H3,(H2,22,23,24). The number of allylic oxidation sites excluding steroid dienone is 4. The predicted molar refractivity (Wildman–Crippen MR) is 103 cm³/mol. The van der Waals surface area contributed by atoms with E-state index in [0.29, 0.717) is 10.8 Å². The minimum atomic E-state index is -3.70. The molecule has 1 fully saturated rings. The van der Waals surface area contributed by atoms with Crippen molar-refractivity contribution in [2.45, 2.75) is 17.7 Å². The molecule has 2 aromatic carbocycles. The first kappa shape index (κ1) is 17.3. The van der Waals surface area contributed by atoms with Gasteiger partial charge in [0.05, 0.1) is 17.0 Å². The van der Waals surface area contributed by atoms with E-state index < -0.39 is 10.0 Å². The Bertz CT molecular complexity index is 1050. The van der Waals surface area contributed by atoms with Crippen molar-refractivity contribution in [2.24, 2.45) is 10.6 Å². The lowest BCUT2D eigenvalue weighted by atomic mass is 9.95. The van der Waals surface area contributed by atoms with Crippen LogP contribution in [0.25, 0.3) is 11.1 Å². The average Bonchev–Trinajstić information content (AvgIpc) is 3.25. The zero-order valence-electron chi connectivity index (χ0n) is 14.2. The lowest BCUT2D eigenvalue weighted by Crippen LogP contribution is -2.11. The maximum Gasteiger partial charge on any atom is 0.238 e. The van der Waals surface area contributed by atoms with Gasteiger partial charge in [-0.05, 0) is 59.4 Å². The van der Waals surface area contributed by atoms with Gasteiger partial charge in [0.2, 0.25) is 10.0 Å². The fourth-order valence-electron chi connectivity index (χ4n) is 3.34. The lowest BCUT2D eigenvalue weighted by Gasteiger charge is -2.12. The van der Waals surface area contributed by atoms with Gasteiger partial charge in [-0.1, -0.05) is 42.0 Å². The van der Waals surface area contributed by atoms with Crippen LogP contribution in [0.4, 0.5) is 0 Å². The van der Waals surface area contributed by atoms with Gasteiger partial charge < -0.3 is 4.74 Å². The Balaban J connectivity index is 1.76. The first-order valence-corrected chi connectivity index (χ1v) is 10.2. The van der Waals surface area contributed by atoms with Crippen molar-refractivity contribution >= 4 is 32.8 Å². The second-order valence-corrected chi connectivity index (χ2v) is 8.74. The first-order chi connectivity index (χ1) is 12.3. The van der Waals surface area contributed by atoms with Crippen molar-refractivity contribution in [3.63, 3.8) is 0 Å². The number of nitrogens with two attached hydrogens (primary N) is 1. The highest BCUT2D eigenvalue weighted by atomic mass is 35.5. The molecule has 2 aromatic rings. The fourth-order valence-corrected chi connectivity index (χ4v) is 4.11. The molecule has 0 heterocycles. The molecule has 6 heteroatoms. The Hall–Kier alpha value is -2.08. The molecule has 2 N–H and O–H groups in total. The van der Waals surface area contributed by atoms with Gasteiger partial charge in [-0.25, -0.2) is 13.6 Å². The Labute approximate surface area is 158 Å². The molecule has 0 aromatic heterocycles. The number of sulfonamides is 1. The molecule has 0 unspecified atom stereocenters. The van der Waals surface area contributed by atoms with Crippen molar-refractivity contribution in [1.29, 1.82) is 0 Å². The molecule has 0 amide bonds. The van der Waals surface area contributed by atoms with Gasteiger partial charge in [0, 0.05) is 5.41 Å². The number of methoxy groups -OCH3 is 1. The van der Waals surface area contributed by atoms with Crippen LogP contribution in [0.15, 0.2) is 59.5 Å². The van der Waals surface area contributed by atoms with Gasteiger partial charge >= 0.3 is 0 Å². The summed E-state index contributed by atoms with van der Waals surface area (Å²) in [5, 5.41) is 5.76. The summed E-state index contributed by atoms with van der Waals surface area (Å²) in [6.45, 7) is 0. The van der Waals surface area contributed by atoms with Gasteiger partial charge in [-0.3, -0.25) is 0 Å². The highest BCUT2D eigenvalue weighted by molar-refractivity contribution is 7.89. The molecule has 134 valence electrons. The van der Waals surface area contributed by atoms with Crippen LogP contribution in [0.2, 0.25) is 5.02 Å². The summed E-state index contributed by atoms with van der Waals surface area (Å²) in [6, 6.07) is 12.4. The second kappa shape index (κ2) is 5.98. The molecular weight excluding hydrogens is 370 g/mol. The summed E-state index contributed by atoms with van der Waals surface area (Å²) in [4.78, 5) is 0.110. The van der Waals surface area contributed by atoms with Crippen LogP contribution >= 0.6 is 11.6 Å². The molecule has 2 aliphatic rings. The molecule has 1 spiro atoms. The number of ether oxygens (including phenoxy) is 1. The van der Waals surface area contributed by atoms with Crippen molar-refractivity contribution in [2.75, 3.05) is 7.11 Å². The fraction of sp³-hybridized carbons (Fsp3) is 0.200. The Morgan fingerprint density at radius 2 is 1.58 bits per heavy atom. The molecule has 0 bridgehead atoms. The third kappa shape index (κ3) is 3.07. The summed E-state index contributed by atoms with van der Waals surface area (Å²) < 4.78 is 28.2. The van der Waals surface area contributed by atoms with Crippen LogP contribution in [-0.2, 0) is 10.0 Å². The summed E-state index contributed by atoms with van der Waals surface area (Å²) in [6.07, 6.45) is 6.80. The summed E-state index contributed by atoms with van der Waals surface area (Å²) in [7, 11) is -2.11. The topological polar surface area (TPSA) is 69.4 Å². The van der Waals surface area contributed by atoms with Crippen LogP contribution in [-0.4, -0.2) is 15.5 Å². The van der Waals surface area contributed by atoms with E-state index in [1.165, 1.54) is 0 Å². The average molecular weight is 388 g/mol. The number of halogens is 1. The summed E-state index contributed by atoms with van der Waals surface area (Å²) >= 11 is 6.31. The second-order valence-electron chi connectivity index (χ2n) is 6.77. The maximum atomic E-state index is 11.5. The number of hydrogen-bond acceptors (Lipinski definition) is 3. The molecule has 0 saturated heterocycles. The van der Waals surface area contributed by atoms with Gasteiger partial charge in [0.25, 0.3) is 0 Å². The maximum absolute atomic E-state index is 11.5. The van der Waals surface area contributed by atoms with E-state index in [2.05, 4.69) is 12.2 Å². The SMILES string of the molecule is COc1ccc(C2=CC3(C=C2c2ccc(S(N)(=O)=O)cc2)CC3)cc1Cl. The van der Waals surface area contributed by atoms with Crippen LogP contribution in [0.1, 0.15) is 24.0 Å². The van der Waals surface area contributed by atoms with Crippen LogP contribution in [0.3, 0.4) is 0 Å². The minimum absolute atomic E-state index is 0.110. The number of benzene rings is 2. The van der Waals surface area contributed by atoms with Crippen LogP contribution < -0.4 is 9.88 Å². The third-order valence-electron chi connectivity index (χ3n) is 4.94. The number of hydrogen-bond donors (Lipinski definition) is 1. The summed E-state index contributed by atoms with van der Waals surface area (Å²) in [5.74, 6) is 0.637. The van der Waals surface area contributed by atoms with E-state index in [0.717, 1.165) is 35.1 Å². The quantitative estimate of drug-likeness (QED) is 0.852. The molecule has 0 aliphatic heterocycles. The van der Waals surface area contributed by atoms with E-state index in [4.69, 9.17) is 21.5 Å². The van der Waals surface area contributed by atoms with E-state index in [1.807, 2.05) is 18.2 Å². The Morgan fingerprint density at radius 1 is 1.00 bits per heavy atom. The van der Waals surface area contributed by atoms with E-state index >= 15 is 0 Å². The zero-order valence-corrected chi connectivity index (χ0v) is 15.8. The molecule has 0 atom stereocenters. The van der Waals surface area contributed by atoms with Crippen molar-refractivity contribution in [3.8, 4) is 5.75 Å². The molecule has 4 nitrogen and oxygen atoms in total. The van der Waals surface area contributed by atoms with Gasteiger partial charge in [0.1, 0.15) is 5.75 Å². The normalized spacial score (nSPS) is 17.8. The van der Waals surface area contributed by atoms with Crippen LogP contribution in [0.5, 0.6) is 5.75 Å². The molecular formula is C20H18ClNO3S. The predicted octanol–water partition coefficient (Wildman–Crippen LogP) is 4.26. The largest absolute Gasteiger partial charge is 0.495 e. The van der Waals surface area contributed by atoms with Crippen molar-refractivity contribution in [3.05, 3.63) is 70.8 Å². The third-order valence-corrected chi connectivity index (χ3v) is 6.16. The molecule has 4 rings (SSSR count). The highest BCUT2D eigenvalue weighted by Crippen LogP contribution is 2.57. The Morgan fingerprint density at radius 3 is 2.08 bits per heavy atom. The zero-order chi connectivity index (χ0) is 18.5. The number of primary sulfonamides is 1. The summed E-state index contributed by atoms with van der Waals surface area (Å²) in [5.41, 5.74) is 4.29. The molecule has 2 aliphatic carbocycles. The monoisotopic (exact) mass is 387 g/mol. The number of rotatable bonds is 4. The van der Waals surface area contributed by atoms with E-state index in [9.17, 15) is 8.42 Å². The van der Waals surface area contributed by atoms with Gasteiger partial charge in [-0.15, -0.1) is 0 Å². The Kier molecular flexibility index (Phi) is 3.99. The van der Waals surface area contributed by atoms with Crippen molar-refractivity contribution in [1.82, 2.24) is 0 Å². The first-order valence-electron chi connectivity index (χ1n) is 8.25. The van der Waals surface area contributed by atoms with E-state index in [1.54, 1.807) is 31.4 Å². The highest BCUT2D eigenvalue weighted by Gasteiger charge is 2.43. The molecule has 26 heavy (non-hydrogen) atoms. The van der Waals surface area contributed by atoms with Gasteiger partial charge in [0.15, 0.2) is 0 Å². The van der Waals surface area contributed by atoms with Crippen LogP contribution in [0, 0.1) is 5.41 Å². The smallest absolute Gasteiger partial charge is 0.238 e. The van der Waals surface area contributed by atoms with E-state index in [-0.39, 0.29) is 10.3 Å². The minimum Gasteiger partial charge on any atom is -0.495 e. The molecule has 1 saturated carbocycles. The van der Waals surface area contributed by atoms with Gasteiger partial charge in [-0.2, -0.15) is 0 Å².